The molecule has 136 valence electrons. The lowest BCUT2D eigenvalue weighted by Crippen LogP contribution is -2.31. The molecule has 0 radical (unpaired) electrons. The molecule has 11 heteroatoms. The fourth-order valence-corrected chi connectivity index (χ4v) is 4.77. The number of H-pyrrole nitrogens is 1. The highest BCUT2D eigenvalue weighted by Gasteiger charge is 2.31. The molecule has 1 unspecified atom stereocenters. The average Bonchev–Trinajstić information content (AvgIpc) is 3.24. The van der Waals surface area contributed by atoms with Crippen molar-refractivity contribution in [3.05, 3.63) is 32.9 Å². The number of imidazole rings is 1. The number of thiophene rings is 1. The molecule has 4 heterocycles. The summed E-state index contributed by atoms with van der Waals surface area (Å²) >= 11 is -0.0608. The zero-order chi connectivity index (χ0) is 18.1. The van der Waals surface area contributed by atoms with Gasteiger partial charge in [0, 0.05) is 35.0 Å². The van der Waals surface area contributed by atoms with Crippen LogP contribution in [0.1, 0.15) is 25.0 Å². The van der Waals surface area contributed by atoms with E-state index in [4.69, 9.17) is 0 Å². The highest BCUT2D eigenvalue weighted by Crippen LogP contribution is 2.32. The summed E-state index contributed by atoms with van der Waals surface area (Å²) < 4.78 is 12.7. The standard InChI is InChI=1S/C15H16N6O3S2/c22-21(23)13-12(16-9-17-14(13)20-4-2-1-3-5-20)8-26(24)15-18-10-6-25-7-11(10)19-15/h6-7,9H,1-5,8H2,(H,18,19). The van der Waals surface area contributed by atoms with Crippen LogP contribution in [-0.4, -0.2) is 42.5 Å². The second-order valence-corrected chi connectivity index (χ2v) is 8.11. The first-order chi connectivity index (χ1) is 12.6. The van der Waals surface area contributed by atoms with Gasteiger partial charge >= 0.3 is 10.8 Å². The summed E-state index contributed by atoms with van der Waals surface area (Å²) in [5.74, 6) is 0.232. The van der Waals surface area contributed by atoms with Crippen LogP contribution < -0.4 is 4.90 Å². The SMILES string of the molecule is O=[N+]([O-])c1c(C[S+]([O-])c2nc3cscc3[nH]2)ncnc1N1CCCCC1. The molecule has 3 aromatic heterocycles. The van der Waals surface area contributed by atoms with E-state index in [2.05, 4.69) is 19.9 Å². The van der Waals surface area contributed by atoms with Gasteiger partial charge in [-0.05, 0) is 19.3 Å². The number of rotatable bonds is 5. The Balaban J connectivity index is 1.64. The highest BCUT2D eigenvalue weighted by molar-refractivity contribution is 7.90. The Bertz CT molecular complexity index is 908. The third-order valence-electron chi connectivity index (χ3n) is 4.31. The Morgan fingerprint density at radius 1 is 1.27 bits per heavy atom. The summed E-state index contributed by atoms with van der Waals surface area (Å²) in [6.45, 7) is 1.46. The molecule has 4 rings (SSSR count). The van der Waals surface area contributed by atoms with E-state index in [9.17, 15) is 14.7 Å². The van der Waals surface area contributed by atoms with Crippen molar-refractivity contribution in [2.24, 2.45) is 0 Å². The van der Waals surface area contributed by atoms with E-state index in [-0.39, 0.29) is 17.1 Å². The molecule has 1 aliphatic heterocycles. The molecule has 9 nitrogen and oxygen atoms in total. The number of aromatic amines is 1. The minimum absolute atomic E-state index is 0.0841. The number of nitrogens with one attached hydrogen (secondary N) is 1. The second kappa shape index (κ2) is 7.17. The Kier molecular flexibility index (Phi) is 4.74. The number of nitrogens with zero attached hydrogens (tertiary/aromatic N) is 5. The van der Waals surface area contributed by atoms with Crippen molar-refractivity contribution in [2.75, 3.05) is 18.0 Å². The third kappa shape index (κ3) is 3.24. The fourth-order valence-electron chi connectivity index (χ4n) is 3.06. The maximum atomic E-state index is 12.7. The molecular formula is C15H16N6O3S2. The molecule has 0 saturated carbocycles. The van der Waals surface area contributed by atoms with Crippen molar-refractivity contribution in [3.8, 4) is 0 Å². The summed E-state index contributed by atoms with van der Waals surface area (Å²) in [6.07, 6.45) is 4.38. The van der Waals surface area contributed by atoms with E-state index in [0.717, 1.165) is 43.4 Å². The van der Waals surface area contributed by atoms with Crippen molar-refractivity contribution in [3.63, 3.8) is 0 Å². The van der Waals surface area contributed by atoms with Crippen molar-refractivity contribution < 1.29 is 9.48 Å². The van der Waals surface area contributed by atoms with Gasteiger partial charge in [-0.1, -0.05) is 0 Å². The van der Waals surface area contributed by atoms with Gasteiger partial charge in [-0.25, -0.2) is 9.97 Å². The number of fused-ring (bicyclic) bond motifs is 1. The molecular weight excluding hydrogens is 376 g/mol. The highest BCUT2D eigenvalue weighted by atomic mass is 32.2. The van der Waals surface area contributed by atoms with Gasteiger partial charge in [0.05, 0.1) is 10.4 Å². The number of aromatic nitrogens is 4. The van der Waals surface area contributed by atoms with Crippen molar-refractivity contribution >= 4 is 45.1 Å². The fraction of sp³-hybridized carbons (Fsp3) is 0.400. The Morgan fingerprint density at radius 3 is 2.81 bits per heavy atom. The first-order valence-corrected chi connectivity index (χ1v) is 10.4. The summed E-state index contributed by atoms with van der Waals surface area (Å²) in [5.41, 5.74) is 1.56. The van der Waals surface area contributed by atoms with Crippen LogP contribution in [0.5, 0.6) is 0 Å². The number of hydrogen-bond donors (Lipinski definition) is 1. The molecule has 1 aliphatic rings. The lowest BCUT2D eigenvalue weighted by Gasteiger charge is -2.27. The average molecular weight is 392 g/mol. The number of nitro groups is 1. The Hall–Kier alpha value is -2.24. The third-order valence-corrected chi connectivity index (χ3v) is 6.20. The summed E-state index contributed by atoms with van der Waals surface area (Å²) in [4.78, 5) is 28.6. The van der Waals surface area contributed by atoms with Gasteiger partial charge in [-0.15, -0.1) is 11.3 Å². The molecule has 0 amide bonds. The molecule has 3 aromatic rings. The monoisotopic (exact) mass is 392 g/mol. The van der Waals surface area contributed by atoms with Gasteiger partial charge in [0.15, 0.2) is 11.4 Å². The van der Waals surface area contributed by atoms with E-state index >= 15 is 0 Å². The smallest absolute Gasteiger partial charge is 0.337 e. The van der Waals surface area contributed by atoms with Gasteiger partial charge in [0.1, 0.15) is 11.8 Å². The quantitative estimate of drug-likeness (QED) is 0.402. The van der Waals surface area contributed by atoms with Crippen LogP contribution in [0.15, 0.2) is 22.2 Å². The summed E-state index contributed by atoms with van der Waals surface area (Å²) in [6, 6.07) is 0. The first kappa shape index (κ1) is 17.2. The topological polar surface area (TPSA) is 124 Å². The van der Waals surface area contributed by atoms with Crippen LogP contribution >= 0.6 is 11.3 Å². The van der Waals surface area contributed by atoms with Gasteiger partial charge < -0.3 is 9.45 Å². The molecule has 1 atom stereocenters. The van der Waals surface area contributed by atoms with Crippen LogP contribution in [0.25, 0.3) is 11.0 Å². The predicted octanol–water partition coefficient (Wildman–Crippen LogP) is 2.62. The summed E-state index contributed by atoms with van der Waals surface area (Å²) in [7, 11) is 0. The molecule has 1 fully saturated rings. The minimum Gasteiger partial charge on any atom is -0.609 e. The molecule has 0 aliphatic carbocycles. The van der Waals surface area contributed by atoms with Crippen LogP contribution in [0.2, 0.25) is 0 Å². The largest absolute Gasteiger partial charge is 0.609 e. The lowest BCUT2D eigenvalue weighted by atomic mass is 10.1. The zero-order valence-electron chi connectivity index (χ0n) is 13.8. The van der Waals surface area contributed by atoms with Crippen molar-refractivity contribution in [1.29, 1.82) is 0 Å². The number of hydrogen-bond acceptors (Lipinski definition) is 8. The predicted molar refractivity (Wildman–Crippen MR) is 98.8 cm³/mol. The molecule has 1 saturated heterocycles. The second-order valence-electron chi connectivity index (χ2n) is 6.00. The minimum atomic E-state index is -1.56. The molecule has 0 bridgehead atoms. The van der Waals surface area contributed by atoms with Gasteiger partial charge in [-0.3, -0.25) is 15.1 Å². The maximum absolute atomic E-state index is 12.7. The zero-order valence-corrected chi connectivity index (χ0v) is 15.4. The normalized spacial score (nSPS) is 16.1. The van der Waals surface area contributed by atoms with Crippen LogP contribution in [-0.2, 0) is 16.9 Å². The van der Waals surface area contributed by atoms with Crippen molar-refractivity contribution in [2.45, 2.75) is 30.2 Å². The molecule has 0 spiro atoms. The van der Waals surface area contributed by atoms with Crippen LogP contribution in [0, 0.1) is 10.1 Å². The van der Waals surface area contributed by atoms with Crippen LogP contribution in [0.4, 0.5) is 11.5 Å². The van der Waals surface area contributed by atoms with E-state index < -0.39 is 16.1 Å². The van der Waals surface area contributed by atoms with E-state index in [0.29, 0.717) is 11.0 Å². The van der Waals surface area contributed by atoms with Gasteiger partial charge in [0.2, 0.25) is 5.82 Å². The molecule has 1 N–H and O–H groups in total. The molecule has 0 aromatic carbocycles. The Morgan fingerprint density at radius 2 is 2.08 bits per heavy atom. The number of anilines is 1. The lowest BCUT2D eigenvalue weighted by molar-refractivity contribution is -0.385. The number of piperidine rings is 1. The molecule has 26 heavy (non-hydrogen) atoms. The van der Waals surface area contributed by atoms with Gasteiger partial charge in [0.25, 0.3) is 0 Å². The van der Waals surface area contributed by atoms with E-state index in [1.165, 1.54) is 17.7 Å². The van der Waals surface area contributed by atoms with E-state index in [1.807, 2.05) is 15.7 Å². The van der Waals surface area contributed by atoms with Crippen molar-refractivity contribution in [1.82, 2.24) is 19.9 Å². The summed E-state index contributed by atoms with van der Waals surface area (Å²) in [5, 5.41) is 15.7. The Labute approximate surface area is 155 Å². The van der Waals surface area contributed by atoms with E-state index in [1.54, 1.807) is 0 Å². The maximum Gasteiger partial charge on any atom is 0.337 e. The van der Waals surface area contributed by atoms with Crippen LogP contribution in [0.3, 0.4) is 0 Å². The van der Waals surface area contributed by atoms with Gasteiger partial charge in [-0.2, -0.15) is 4.98 Å². The first-order valence-electron chi connectivity index (χ1n) is 8.17.